The standard InChI is InChI=1S/C14H17N3O3S/c15-11-4-6-12(7-5-11)21(18,19)13-9-16-17(10-13)14-3-1-2-8-20-14/h4-7,9-10,14H,1-3,8,15H2. The lowest BCUT2D eigenvalue weighted by Gasteiger charge is -2.22. The number of nitrogen functional groups attached to an aromatic ring is 1. The van der Waals surface area contributed by atoms with Crippen molar-refractivity contribution in [2.45, 2.75) is 35.3 Å². The zero-order valence-corrected chi connectivity index (χ0v) is 12.3. The monoisotopic (exact) mass is 307 g/mol. The van der Waals surface area contributed by atoms with Gasteiger partial charge < -0.3 is 10.5 Å². The van der Waals surface area contributed by atoms with E-state index in [4.69, 9.17) is 10.5 Å². The van der Waals surface area contributed by atoms with Gasteiger partial charge in [0.1, 0.15) is 11.1 Å². The Morgan fingerprint density at radius 2 is 1.95 bits per heavy atom. The first-order chi connectivity index (χ1) is 10.1. The van der Waals surface area contributed by atoms with Crippen LogP contribution in [0.2, 0.25) is 0 Å². The largest absolute Gasteiger partial charge is 0.399 e. The molecule has 0 aliphatic carbocycles. The first-order valence-corrected chi connectivity index (χ1v) is 8.32. The summed E-state index contributed by atoms with van der Waals surface area (Å²) in [4.78, 5) is 0.377. The van der Waals surface area contributed by atoms with Crippen molar-refractivity contribution in [3.05, 3.63) is 36.7 Å². The SMILES string of the molecule is Nc1ccc(S(=O)(=O)c2cnn(C3CCCCO3)c2)cc1. The first kappa shape index (κ1) is 14.1. The van der Waals surface area contributed by atoms with Crippen molar-refractivity contribution in [3.8, 4) is 0 Å². The second-order valence-corrected chi connectivity index (χ2v) is 7.00. The Morgan fingerprint density at radius 1 is 1.19 bits per heavy atom. The van der Waals surface area contributed by atoms with Crippen LogP contribution in [0.4, 0.5) is 5.69 Å². The van der Waals surface area contributed by atoms with Gasteiger partial charge in [0.05, 0.1) is 11.1 Å². The summed E-state index contributed by atoms with van der Waals surface area (Å²) in [5.74, 6) is 0. The van der Waals surface area contributed by atoms with Crippen LogP contribution in [0.5, 0.6) is 0 Å². The highest BCUT2D eigenvalue weighted by Gasteiger charge is 2.22. The average molecular weight is 307 g/mol. The molecule has 0 saturated carbocycles. The van der Waals surface area contributed by atoms with Crippen molar-refractivity contribution >= 4 is 15.5 Å². The molecule has 1 atom stereocenters. The number of aromatic nitrogens is 2. The molecule has 3 rings (SSSR count). The molecule has 1 unspecified atom stereocenters. The second-order valence-electron chi connectivity index (χ2n) is 5.05. The quantitative estimate of drug-likeness (QED) is 0.876. The summed E-state index contributed by atoms with van der Waals surface area (Å²) in [6.07, 6.45) is 5.67. The van der Waals surface area contributed by atoms with Crippen molar-refractivity contribution < 1.29 is 13.2 Å². The molecule has 112 valence electrons. The van der Waals surface area contributed by atoms with Crippen LogP contribution in [0.1, 0.15) is 25.5 Å². The number of anilines is 1. The van der Waals surface area contributed by atoms with Gasteiger partial charge in [-0.3, -0.25) is 0 Å². The fraction of sp³-hybridized carbons (Fsp3) is 0.357. The van der Waals surface area contributed by atoms with Crippen molar-refractivity contribution in [3.63, 3.8) is 0 Å². The van der Waals surface area contributed by atoms with Crippen LogP contribution in [-0.4, -0.2) is 24.8 Å². The van der Waals surface area contributed by atoms with Crippen molar-refractivity contribution in [1.82, 2.24) is 9.78 Å². The topological polar surface area (TPSA) is 87.2 Å². The Labute approximate surface area is 123 Å². The zero-order chi connectivity index (χ0) is 14.9. The van der Waals surface area contributed by atoms with Crippen LogP contribution in [0.25, 0.3) is 0 Å². The van der Waals surface area contributed by atoms with Gasteiger partial charge in [0.25, 0.3) is 0 Å². The third-order valence-electron chi connectivity index (χ3n) is 3.53. The first-order valence-electron chi connectivity index (χ1n) is 6.84. The highest BCUT2D eigenvalue weighted by Crippen LogP contribution is 2.25. The summed E-state index contributed by atoms with van der Waals surface area (Å²) >= 11 is 0. The van der Waals surface area contributed by atoms with Crippen LogP contribution in [0, 0.1) is 0 Å². The van der Waals surface area contributed by atoms with Gasteiger partial charge in [-0.1, -0.05) is 0 Å². The fourth-order valence-electron chi connectivity index (χ4n) is 2.33. The fourth-order valence-corrected chi connectivity index (χ4v) is 3.53. The van der Waals surface area contributed by atoms with Gasteiger partial charge in [-0.2, -0.15) is 5.10 Å². The minimum Gasteiger partial charge on any atom is -0.399 e. The minimum atomic E-state index is -3.57. The lowest BCUT2D eigenvalue weighted by Crippen LogP contribution is -2.18. The van der Waals surface area contributed by atoms with Crippen LogP contribution < -0.4 is 5.73 Å². The highest BCUT2D eigenvalue weighted by atomic mass is 32.2. The molecule has 1 aliphatic heterocycles. The van der Waals surface area contributed by atoms with Gasteiger partial charge in [-0.25, -0.2) is 13.1 Å². The molecule has 1 aromatic carbocycles. The Kier molecular flexibility index (Phi) is 3.69. The molecule has 6 nitrogen and oxygen atoms in total. The number of hydrogen-bond donors (Lipinski definition) is 1. The van der Waals surface area contributed by atoms with E-state index in [0.717, 1.165) is 19.3 Å². The van der Waals surface area contributed by atoms with E-state index in [1.54, 1.807) is 16.8 Å². The molecule has 1 fully saturated rings. The van der Waals surface area contributed by atoms with Gasteiger partial charge in [-0.15, -0.1) is 0 Å². The van der Waals surface area contributed by atoms with Gasteiger partial charge >= 0.3 is 0 Å². The molecule has 2 heterocycles. The summed E-state index contributed by atoms with van der Waals surface area (Å²) < 4.78 is 32.2. The number of benzene rings is 1. The van der Waals surface area contributed by atoms with Crippen LogP contribution in [0.15, 0.2) is 46.5 Å². The molecule has 1 aromatic heterocycles. The molecule has 0 spiro atoms. The van der Waals surface area contributed by atoms with E-state index in [-0.39, 0.29) is 16.0 Å². The van der Waals surface area contributed by atoms with E-state index in [2.05, 4.69) is 5.10 Å². The van der Waals surface area contributed by atoms with E-state index >= 15 is 0 Å². The van der Waals surface area contributed by atoms with Crippen molar-refractivity contribution in [1.29, 1.82) is 0 Å². The van der Waals surface area contributed by atoms with Gasteiger partial charge in [-0.05, 0) is 43.5 Å². The summed E-state index contributed by atoms with van der Waals surface area (Å²) in [6, 6.07) is 6.14. The third-order valence-corrected chi connectivity index (χ3v) is 5.25. The molecule has 0 bridgehead atoms. The highest BCUT2D eigenvalue weighted by molar-refractivity contribution is 7.91. The van der Waals surface area contributed by atoms with Gasteiger partial charge in [0.15, 0.2) is 0 Å². The summed E-state index contributed by atoms with van der Waals surface area (Å²) in [5, 5.41) is 4.14. The molecule has 1 aliphatic rings. The maximum absolute atomic E-state index is 12.5. The predicted molar refractivity (Wildman–Crippen MR) is 77.4 cm³/mol. The van der Waals surface area contributed by atoms with Crippen molar-refractivity contribution in [2.75, 3.05) is 12.3 Å². The third kappa shape index (κ3) is 2.79. The Hall–Kier alpha value is -1.86. The second kappa shape index (κ2) is 5.50. The number of rotatable bonds is 3. The molecular weight excluding hydrogens is 290 g/mol. The predicted octanol–water partition coefficient (Wildman–Crippen LogP) is 2.00. The van der Waals surface area contributed by atoms with Crippen LogP contribution in [-0.2, 0) is 14.6 Å². The van der Waals surface area contributed by atoms with Crippen LogP contribution in [0.3, 0.4) is 0 Å². The number of nitrogens with zero attached hydrogens (tertiary/aromatic N) is 2. The van der Waals surface area contributed by atoms with Crippen LogP contribution >= 0.6 is 0 Å². The summed E-state index contributed by atoms with van der Waals surface area (Å²) in [5.41, 5.74) is 6.11. The Morgan fingerprint density at radius 3 is 2.62 bits per heavy atom. The van der Waals surface area contributed by atoms with E-state index in [0.29, 0.717) is 12.3 Å². The van der Waals surface area contributed by atoms with Crippen molar-refractivity contribution in [2.24, 2.45) is 0 Å². The maximum Gasteiger partial charge on any atom is 0.209 e. The number of sulfone groups is 1. The smallest absolute Gasteiger partial charge is 0.209 e. The average Bonchev–Trinajstić information content (AvgIpc) is 2.99. The molecular formula is C14H17N3O3S. The molecule has 1 saturated heterocycles. The number of ether oxygens (including phenoxy) is 1. The normalized spacial score (nSPS) is 19.5. The molecule has 2 aromatic rings. The number of nitrogens with two attached hydrogens (primary N) is 1. The van der Waals surface area contributed by atoms with Gasteiger partial charge in [0.2, 0.25) is 9.84 Å². The lowest BCUT2D eigenvalue weighted by molar-refractivity contribution is -0.0396. The van der Waals surface area contributed by atoms with E-state index in [1.807, 2.05) is 0 Å². The summed E-state index contributed by atoms with van der Waals surface area (Å²) in [6.45, 7) is 0.685. The molecule has 21 heavy (non-hydrogen) atoms. The molecule has 2 N–H and O–H groups in total. The van der Waals surface area contributed by atoms with E-state index in [1.165, 1.54) is 24.5 Å². The zero-order valence-electron chi connectivity index (χ0n) is 11.5. The minimum absolute atomic E-state index is 0.168. The van der Waals surface area contributed by atoms with Gasteiger partial charge in [0, 0.05) is 18.5 Å². The number of hydrogen-bond acceptors (Lipinski definition) is 5. The Balaban J connectivity index is 1.89. The maximum atomic E-state index is 12.5. The lowest BCUT2D eigenvalue weighted by atomic mass is 10.2. The molecule has 7 heteroatoms. The molecule has 0 amide bonds. The molecule has 0 radical (unpaired) electrons. The van der Waals surface area contributed by atoms with E-state index in [9.17, 15) is 8.42 Å². The Bertz CT molecular complexity index is 716. The van der Waals surface area contributed by atoms with E-state index < -0.39 is 9.84 Å². The summed E-state index contributed by atoms with van der Waals surface area (Å²) in [7, 11) is -3.57.